The van der Waals surface area contributed by atoms with E-state index in [2.05, 4.69) is 20.8 Å². The third-order valence-electron chi connectivity index (χ3n) is 3.98. The van der Waals surface area contributed by atoms with Crippen molar-refractivity contribution in [3.8, 4) is 0 Å². The fourth-order valence-corrected chi connectivity index (χ4v) is 3.61. The molecule has 2 N–H and O–H groups in total. The summed E-state index contributed by atoms with van der Waals surface area (Å²) in [6.07, 6.45) is 0.757. The summed E-state index contributed by atoms with van der Waals surface area (Å²) in [6, 6.07) is 16.5. The minimum absolute atomic E-state index is 0.0428. The van der Waals surface area contributed by atoms with Crippen molar-refractivity contribution < 1.29 is 9.59 Å². The summed E-state index contributed by atoms with van der Waals surface area (Å²) in [7, 11) is 0. The molecule has 2 aromatic carbocycles. The summed E-state index contributed by atoms with van der Waals surface area (Å²) in [4.78, 5) is 24.3. The van der Waals surface area contributed by atoms with Crippen molar-refractivity contribution in [2.24, 2.45) is 10.2 Å². The van der Waals surface area contributed by atoms with Gasteiger partial charge in [0.25, 0.3) is 0 Å². The van der Waals surface area contributed by atoms with E-state index in [0.717, 1.165) is 11.3 Å². The number of amides is 2. The molecule has 0 spiro atoms. The Morgan fingerprint density at radius 3 is 2.57 bits per heavy atom. The molecule has 0 unspecified atom stereocenters. The summed E-state index contributed by atoms with van der Waals surface area (Å²) in [5.41, 5.74) is 2.45. The van der Waals surface area contributed by atoms with Crippen LogP contribution in [0.3, 0.4) is 0 Å². The molecule has 8 heteroatoms. The van der Waals surface area contributed by atoms with Crippen molar-refractivity contribution in [1.29, 1.82) is 0 Å². The first-order valence-electron chi connectivity index (χ1n) is 8.78. The Kier molecular flexibility index (Phi) is 6.84. The van der Waals surface area contributed by atoms with E-state index in [0.29, 0.717) is 22.3 Å². The predicted octanol–water partition coefficient (Wildman–Crippen LogP) is 4.07. The molecular weight excluding hydrogens is 396 g/mol. The number of nitrogens with one attached hydrogen (secondary N) is 2. The third kappa shape index (κ3) is 5.43. The Labute approximate surface area is 172 Å². The van der Waals surface area contributed by atoms with Crippen LogP contribution in [0.1, 0.15) is 25.3 Å². The van der Waals surface area contributed by atoms with E-state index in [9.17, 15) is 9.59 Å². The first-order valence-corrected chi connectivity index (χ1v) is 10.0. The van der Waals surface area contributed by atoms with E-state index < -0.39 is 5.25 Å². The number of carbonyl (C=O) groups is 2. The molecule has 2 aromatic rings. The standard InChI is InChI=1S/C20H19ClN4O2S/c1-2-16(13-6-4-3-5-7-13)24-25-20-23-19(27)17(28-20)12-18(26)22-15-10-8-14(21)9-11-15/h3-11,17H,2,12H2,1H3,(H,22,26)(H,23,25,27)/t17-/m0/s1. The molecule has 0 aromatic heterocycles. The highest BCUT2D eigenvalue weighted by atomic mass is 35.5. The second-order valence-corrected chi connectivity index (χ2v) is 7.65. The van der Waals surface area contributed by atoms with Crippen LogP contribution in [0.5, 0.6) is 0 Å². The summed E-state index contributed by atoms with van der Waals surface area (Å²) in [5.74, 6) is -0.499. The molecule has 1 atom stereocenters. The van der Waals surface area contributed by atoms with Gasteiger partial charge in [0, 0.05) is 17.1 Å². The Hall–Kier alpha value is -2.64. The molecule has 144 valence electrons. The zero-order valence-corrected chi connectivity index (χ0v) is 16.8. The fraction of sp³-hybridized carbons (Fsp3) is 0.200. The highest BCUT2D eigenvalue weighted by Crippen LogP contribution is 2.23. The van der Waals surface area contributed by atoms with Crippen LogP contribution in [0.4, 0.5) is 5.69 Å². The summed E-state index contributed by atoms with van der Waals surface area (Å²) < 4.78 is 0. The molecule has 3 rings (SSSR count). The molecule has 1 aliphatic rings. The number of hydrogen-bond acceptors (Lipinski definition) is 5. The van der Waals surface area contributed by atoms with E-state index >= 15 is 0 Å². The van der Waals surface area contributed by atoms with E-state index in [4.69, 9.17) is 11.6 Å². The fourth-order valence-electron chi connectivity index (χ4n) is 2.57. The van der Waals surface area contributed by atoms with Gasteiger partial charge in [-0.15, -0.1) is 5.10 Å². The Morgan fingerprint density at radius 1 is 1.18 bits per heavy atom. The van der Waals surface area contributed by atoms with Crippen LogP contribution in [0.25, 0.3) is 0 Å². The lowest BCUT2D eigenvalue weighted by molar-refractivity contribution is -0.122. The number of hydrogen-bond donors (Lipinski definition) is 2. The predicted molar refractivity (Wildman–Crippen MR) is 115 cm³/mol. The Balaban J connectivity index is 1.61. The molecular formula is C20H19ClN4O2S. The van der Waals surface area contributed by atoms with E-state index in [1.54, 1.807) is 24.3 Å². The first kappa shape index (κ1) is 20.1. The van der Waals surface area contributed by atoms with Gasteiger partial charge in [-0.2, -0.15) is 5.10 Å². The normalized spacial score (nSPS) is 18.2. The lowest BCUT2D eigenvalue weighted by Gasteiger charge is -2.07. The van der Waals surface area contributed by atoms with Gasteiger partial charge in [0.2, 0.25) is 11.8 Å². The van der Waals surface area contributed by atoms with Gasteiger partial charge in [-0.3, -0.25) is 9.59 Å². The van der Waals surface area contributed by atoms with Gasteiger partial charge in [-0.1, -0.05) is 60.6 Å². The number of rotatable bonds is 6. The van der Waals surface area contributed by atoms with E-state index in [1.807, 2.05) is 37.3 Å². The van der Waals surface area contributed by atoms with Crippen LogP contribution < -0.4 is 10.6 Å². The minimum atomic E-state index is -0.539. The van der Waals surface area contributed by atoms with Crippen LogP contribution in [-0.2, 0) is 9.59 Å². The smallest absolute Gasteiger partial charge is 0.240 e. The molecule has 0 radical (unpaired) electrons. The number of anilines is 1. The lowest BCUT2D eigenvalue weighted by atomic mass is 10.1. The van der Waals surface area contributed by atoms with Crippen LogP contribution in [0, 0.1) is 0 Å². The zero-order chi connectivity index (χ0) is 19.9. The number of benzene rings is 2. The molecule has 0 bridgehead atoms. The molecule has 1 saturated heterocycles. The molecule has 2 amide bonds. The molecule has 0 aliphatic carbocycles. The SMILES string of the molecule is CCC(=NN=C1NC(=O)[C@H](CC(=O)Nc2ccc(Cl)cc2)S1)c1ccccc1. The number of nitrogens with zero attached hydrogens (tertiary/aromatic N) is 2. The van der Waals surface area contributed by atoms with Crippen LogP contribution in [0.2, 0.25) is 5.02 Å². The summed E-state index contributed by atoms with van der Waals surface area (Å²) in [5, 5.41) is 14.3. The first-order chi connectivity index (χ1) is 13.5. The van der Waals surface area contributed by atoms with Crippen molar-refractivity contribution in [2.75, 3.05) is 5.32 Å². The van der Waals surface area contributed by atoms with Crippen molar-refractivity contribution in [2.45, 2.75) is 25.0 Å². The van der Waals surface area contributed by atoms with Gasteiger partial charge in [0.1, 0.15) is 5.25 Å². The van der Waals surface area contributed by atoms with E-state index in [1.165, 1.54) is 11.8 Å². The van der Waals surface area contributed by atoms with E-state index in [-0.39, 0.29) is 18.2 Å². The van der Waals surface area contributed by atoms with Crippen LogP contribution in [0.15, 0.2) is 64.8 Å². The minimum Gasteiger partial charge on any atom is -0.326 e. The van der Waals surface area contributed by atoms with Gasteiger partial charge < -0.3 is 10.6 Å². The lowest BCUT2D eigenvalue weighted by Crippen LogP contribution is -2.28. The monoisotopic (exact) mass is 414 g/mol. The molecule has 1 heterocycles. The largest absolute Gasteiger partial charge is 0.326 e. The van der Waals surface area contributed by atoms with Gasteiger partial charge in [0.05, 0.1) is 5.71 Å². The van der Waals surface area contributed by atoms with Crippen molar-refractivity contribution >= 4 is 51.7 Å². The van der Waals surface area contributed by atoms with Gasteiger partial charge in [0.15, 0.2) is 5.17 Å². The van der Waals surface area contributed by atoms with Gasteiger partial charge >= 0.3 is 0 Å². The molecule has 0 saturated carbocycles. The van der Waals surface area contributed by atoms with Crippen LogP contribution in [-0.4, -0.2) is 27.9 Å². The number of halogens is 1. The number of carbonyl (C=O) groups excluding carboxylic acids is 2. The average Bonchev–Trinajstić information content (AvgIpc) is 3.04. The Bertz CT molecular complexity index is 914. The van der Waals surface area contributed by atoms with Crippen LogP contribution >= 0.6 is 23.4 Å². The molecule has 28 heavy (non-hydrogen) atoms. The summed E-state index contributed by atoms with van der Waals surface area (Å²) in [6.45, 7) is 2.00. The summed E-state index contributed by atoms with van der Waals surface area (Å²) >= 11 is 7.04. The second-order valence-electron chi connectivity index (χ2n) is 6.03. The maximum Gasteiger partial charge on any atom is 0.240 e. The van der Waals surface area contributed by atoms with Crippen molar-refractivity contribution in [1.82, 2.24) is 5.32 Å². The second kappa shape index (κ2) is 9.52. The molecule has 1 aliphatic heterocycles. The highest BCUT2D eigenvalue weighted by molar-refractivity contribution is 8.15. The number of amidine groups is 1. The zero-order valence-electron chi connectivity index (χ0n) is 15.2. The van der Waals surface area contributed by atoms with Crippen molar-refractivity contribution in [3.05, 3.63) is 65.2 Å². The van der Waals surface area contributed by atoms with Gasteiger partial charge in [-0.05, 0) is 36.2 Å². The molecule has 6 nitrogen and oxygen atoms in total. The maximum absolute atomic E-state index is 12.2. The highest BCUT2D eigenvalue weighted by Gasteiger charge is 2.32. The average molecular weight is 415 g/mol. The topological polar surface area (TPSA) is 82.9 Å². The number of thioether (sulfide) groups is 1. The van der Waals surface area contributed by atoms with Crippen molar-refractivity contribution in [3.63, 3.8) is 0 Å². The quantitative estimate of drug-likeness (QED) is 0.552. The molecule has 1 fully saturated rings. The Morgan fingerprint density at radius 2 is 1.89 bits per heavy atom. The maximum atomic E-state index is 12.2. The third-order valence-corrected chi connectivity index (χ3v) is 5.30. The van der Waals surface area contributed by atoms with Gasteiger partial charge in [-0.25, -0.2) is 0 Å².